The summed E-state index contributed by atoms with van der Waals surface area (Å²) in [5, 5.41) is 1.30. The second kappa shape index (κ2) is 7.44. The fourth-order valence-corrected chi connectivity index (χ4v) is 5.86. The van der Waals surface area contributed by atoms with Crippen molar-refractivity contribution in [2.75, 3.05) is 49.2 Å². The van der Waals surface area contributed by atoms with Gasteiger partial charge in [-0.1, -0.05) is 0 Å². The van der Waals surface area contributed by atoms with Crippen molar-refractivity contribution >= 4 is 43.4 Å². The number of fused-ring (bicyclic) bond motifs is 5. The summed E-state index contributed by atoms with van der Waals surface area (Å²) in [6, 6.07) is 0. The maximum absolute atomic E-state index is 5.58. The van der Waals surface area contributed by atoms with E-state index in [4.69, 9.17) is 14.7 Å². The number of aryl methyl sites for hydroxylation is 1. The Hall–Kier alpha value is -1.99. The Morgan fingerprint density at radius 3 is 2.64 bits per heavy atom. The van der Waals surface area contributed by atoms with Gasteiger partial charge < -0.3 is 9.64 Å². The van der Waals surface area contributed by atoms with E-state index in [0.717, 1.165) is 62.6 Å². The van der Waals surface area contributed by atoms with Crippen molar-refractivity contribution in [3.8, 4) is 0 Å². The van der Waals surface area contributed by atoms with Gasteiger partial charge in [0.25, 0.3) is 0 Å². The SMILES string of the molecule is CCN(CC)c1[nH+]cnc2c1sc1nc(N3CCOCC3)c3c(c12)CCCC3. The molecule has 28 heavy (non-hydrogen) atoms. The second-order valence-corrected chi connectivity index (χ2v) is 8.58. The van der Waals surface area contributed by atoms with E-state index < -0.39 is 0 Å². The van der Waals surface area contributed by atoms with Gasteiger partial charge in [0.1, 0.15) is 15.3 Å². The first-order chi connectivity index (χ1) is 13.8. The Balaban J connectivity index is 1.77. The normalized spacial score (nSPS) is 17.3. The lowest BCUT2D eigenvalue weighted by molar-refractivity contribution is -0.366. The van der Waals surface area contributed by atoms with Gasteiger partial charge in [-0.2, -0.15) is 0 Å². The molecule has 4 heterocycles. The van der Waals surface area contributed by atoms with Crippen molar-refractivity contribution in [1.82, 2.24) is 9.97 Å². The van der Waals surface area contributed by atoms with Crippen molar-refractivity contribution in [2.24, 2.45) is 0 Å². The number of hydrogen-bond acceptors (Lipinski definition) is 6. The fraction of sp³-hybridized carbons (Fsp3) is 0.571. The molecule has 148 valence electrons. The highest BCUT2D eigenvalue weighted by Gasteiger charge is 2.28. The molecule has 0 aromatic carbocycles. The minimum absolute atomic E-state index is 0.795. The van der Waals surface area contributed by atoms with Crippen molar-refractivity contribution < 1.29 is 9.72 Å². The van der Waals surface area contributed by atoms with Crippen molar-refractivity contribution in [1.29, 1.82) is 0 Å². The molecule has 5 rings (SSSR count). The lowest BCUT2D eigenvalue weighted by atomic mass is 9.90. The molecule has 1 fully saturated rings. The Morgan fingerprint density at radius 1 is 1.14 bits per heavy atom. The zero-order valence-electron chi connectivity index (χ0n) is 16.8. The molecule has 0 spiro atoms. The lowest BCUT2D eigenvalue weighted by Gasteiger charge is -2.31. The zero-order chi connectivity index (χ0) is 19.1. The highest BCUT2D eigenvalue weighted by Crippen LogP contribution is 2.42. The van der Waals surface area contributed by atoms with Crippen LogP contribution < -0.4 is 14.8 Å². The highest BCUT2D eigenvalue weighted by molar-refractivity contribution is 7.26. The molecule has 1 saturated heterocycles. The van der Waals surface area contributed by atoms with Crippen LogP contribution in [0.2, 0.25) is 0 Å². The van der Waals surface area contributed by atoms with Crippen LogP contribution in [0.5, 0.6) is 0 Å². The number of thiophene rings is 1. The van der Waals surface area contributed by atoms with Crippen LogP contribution in [-0.2, 0) is 17.6 Å². The number of nitrogens with zero attached hydrogens (tertiary/aromatic N) is 4. The Morgan fingerprint density at radius 2 is 1.89 bits per heavy atom. The summed E-state index contributed by atoms with van der Waals surface area (Å²) in [5.41, 5.74) is 4.08. The summed E-state index contributed by atoms with van der Waals surface area (Å²) >= 11 is 1.79. The minimum Gasteiger partial charge on any atom is -0.378 e. The van der Waals surface area contributed by atoms with Crippen LogP contribution >= 0.6 is 11.3 Å². The molecule has 0 bridgehead atoms. The summed E-state index contributed by atoms with van der Waals surface area (Å²) < 4.78 is 6.82. The number of ether oxygens (including phenoxy) is 1. The van der Waals surface area contributed by atoms with Crippen LogP contribution in [-0.4, -0.2) is 49.4 Å². The molecule has 6 nitrogen and oxygen atoms in total. The number of H-pyrrole nitrogens is 1. The number of aromatic nitrogens is 3. The molecule has 1 aliphatic carbocycles. The minimum atomic E-state index is 0.795. The molecule has 3 aromatic heterocycles. The molecule has 0 atom stereocenters. The van der Waals surface area contributed by atoms with Crippen LogP contribution in [0.1, 0.15) is 37.8 Å². The number of morpholine rings is 1. The van der Waals surface area contributed by atoms with E-state index in [-0.39, 0.29) is 0 Å². The Labute approximate surface area is 169 Å². The van der Waals surface area contributed by atoms with Gasteiger partial charge in [0.2, 0.25) is 12.1 Å². The Kier molecular flexibility index (Phi) is 4.80. The van der Waals surface area contributed by atoms with Gasteiger partial charge in [-0.05, 0) is 50.7 Å². The predicted octanol–water partition coefficient (Wildman–Crippen LogP) is 3.22. The van der Waals surface area contributed by atoms with Crippen molar-refractivity contribution in [3.05, 3.63) is 17.5 Å². The van der Waals surface area contributed by atoms with Gasteiger partial charge in [0.15, 0.2) is 5.52 Å². The third kappa shape index (κ3) is 2.83. The van der Waals surface area contributed by atoms with Gasteiger partial charge in [-0.3, -0.25) is 4.90 Å². The molecular weight excluding hydrogens is 370 g/mol. The van der Waals surface area contributed by atoms with E-state index >= 15 is 0 Å². The highest BCUT2D eigenvalue weighted by atomic mass is 32.1. The van der Waals surface area contributed by atoms with Gasteiger partial charge in [0.05, 0.1) is 31.7 Å². The zero-order valence-corrected chi connectivity index (χ0v) is 17.6. The average molecular weight is 399 g/mol. The first kappa shape index (κ1) is 18.1. The van der Waals surface area contributed by atoms with E-state index in [1.54, 1.807) is 11.3 Å². The molecular formula is C21H28N5OS+. The first-order valence-electron chi connectivity index (χ1n) is 10.5. The van der Waals surface area contributed by atoms with Crippen molar-refractivity contribution in [3.63, 3.8) is 0 Å². The number of nitrogens with one attached hydrogen (secondary N) is 1. The molecule has 0 saturated carbocycles. The van der Waals surface area contributed by atoms with Crippen LogP contribution in [0.4, 0.5) is 11.6 Å². The lowest BCUT2D eigenvalue weighted by Crippen LogP contribution is -2.37. The van der Waals surface area contributed by atoms with Gasteiger partial charge in [-0.15, -0.1) is 16.3 Å². The molecule has 1 N–H and O–H groups in total. The second-order valence-electron chi connectivity index (χ2n) is 7.58. The number of rotatable bonds is 4. The molecule has 7 heteroatoms. The number of anilines is 2. The molecule has 0 amide bonds. The third-order valence-corrected chi connectivity index (χ3v) is 7.19. The summed E-state index contributed by atoms with van der Waals surface area (Å²) in [6.07, 6.45) is 6.63. The van der Waals surface area contributed by atoms with Crippen molar-refractivity contribution in [2.45, 2.75) is 39.5 Å². The topological polar surface area (TPSA) is 55.6 Å². The maximum Gasteiger partial charge on any atom is 0.242 e. The maximum atomic E-state index is 5.58. The van der Waals surface area contributed by atoms with Crippen LogP contribution in [0, 0.1) is 0 Å². The summed E-state index contributed by atoms with van der Waals surface area (Å²) in [4.78, 5) is 19.3. The largest absolute Gasteiger partial charge is 0.378 e. The van der Waals surface area contributed by atoms with Crippen LogP contribution in [0.25, 0.3) is 20.4 Å². The van der Waals surface area contributed by atoms with E-state index in [2.05, 4.69) is 28.6 Å². The van der Waals surface area contributed by atoms with E-state index in [9.17, 15) is 0 Å². The standard InChI is InChI=1S/C21H27N5OS/c1-3-25(4-2)20-18-17(22-13-23-20)16-14-7-5-6-8-15(14)19(24-21(16)28-18)26-9-11-27-12-10-26/h13H,3-12H2,1-2H3/p+1. The van der Waals surface area contributed by atoms with E-state index in [1.807, 2.05) is 6.33 Å². The van der Waals surface area contributed by atoms with Gasteiger partial charge in [0, 0.05) is 13.1 Å². The molecule has 1 aliphatic heterocycles. The summed E-state index contributed by atoms with van der Waals surface area (Å²) in [5.74, 6) is 2.38. The quantitative estimate of drug-likeness (QED) is 0.675. The molecule has 3 aromatic rings. The summed E-state index contributed by atoms with van der Waals surface area (Å²) in [6.45, 7) is 9.82. The third-order valence-electron chi connectivity index (χ3n) is 6.11. The fourth-order valence-electron chi connectivity index (χ4n) is 4.67. The molecule has 2 aliphatic rings. The van der Waals surface area contributed by atoms with E-state index in [0.29, 0.717) is 0 Å². The predicted molar refractivity (Wildman–Crippen MR) is 115 cm³/mol. The monoisotopic (exact) mass is 398 g/mol. The average Bonchev–Trinajstić information content (AvgIpc) is 3.14. The number of hydrogen-bond donors (Lipinski definition) is 0. The molecule has 0 radical (unpaired) electrons. The summed E-state index contributed by atoms with van der Waals surface area (Å²) in [7, 11) is 0. The Bertz CT molecular complexity index is 1010. The molecule has 0 unspecified atom stereocenters. The smallest absolute Gasteiger partial charge is 0.242 e. The van der Waals surface area contributed by atoms with Crippen LogP contribution in [0.15, 0.2) is 6.33 Å². The van der Waals surface area contributed by atoms with E-state index in [1.165, 1.54) is 45.7 Å². The van der Waals surface area contributed by atoms with Gasteiger partial charge in [-0.25, -0.2) is 9.97 Å². The first-order valence-corrected chi connectivity index (χ1v) is 11.4. The van der Waals surface area contributed by atoms with Crippen LogP contribution in [0.3, 0.4) is 0 Å². The number of pyridine rings is 1. The number of aromatic amines is 1. The van der Waals surface area contributed by atoms with Gasteiger partial charge >= 0.3 is 0 Å².